The lowest BCUT2D eigenvalue weighted by Crippen LogP contribution is -2.14. The van der Waals surface area contributed by atoms with E-state index in [1.807, 2.05) is 18.2 Å². The summed E-state index contributed by atoms with van der Waals surface area (Å²) < 4.78 is 8.67. The SMILES string of the molecule is Nc1nc2cc(Br)ccc2c2c1nc1n2CCCO1. The monoisotopic (exact) mass is 318 g/mol. The molecule has 0 fully saturated rings. The van der Waals surface area contributed by atoms with Gasteiger partial charge in [-0.1, -0.05) is 15.9 Å². The maximum absolute atomic E-state index is 6.03. The molecule has 0 amide bonds. The molecular formula is C13H11BrN4O. The normalized spacial score (nSPS) is 14.6. The highest BCUT2D eigenvalue weighted by molar-refractivity contribution is 9.10. The van der Waals surface area contributed by atoms with Crippen LogP contribution in [0.1, 0.15) is 6.42 Å². The number of hydrogen-bond donors (Lipinski definition) is 1. The van der Waals surface area contributed by atoms with E-state index in [-0.39, 0.29) is 0 Å². The zero-order valence-corrected chi connectivity index (χ0v) is 11.6. The second-order valence-electron chi connectivity index (χ2n) is 4.60. The lowest BCUT2D eigenvalue weighted by molar-refractivity contribution is 0.234. The zero-order chi connectivity index (χ0) is 13.0. The lowest BCUT2D eigenvalue weighted by Gasteiger charge is -2.15. The molecule has 0 unspecified atom stereocenters. The quantitative estimate of drug-likeness (QED) is 0.692. The second kappa shape index (κ2) is 3.84. The van der Waals surface area contributed by atoms with Crippen LogP contribution in [0.5, 0.6) is 6.01 Å². The van der Waals surface area contributed by atoms with Gasteiger partial charge in [0.2, 0.25) is 0 Å². The number of hydrogen-bond acceptors (Lipinski definition) is 4. The fourth-order valence-corrected chi connectivity index (χ4v) is 2.92. The standard InChI is InChI=1S/C13H11BrN4O/c14-7-2-3-8-9(6-7)16-12(15)10-11(8)18-4-1-5-19-13(18)17-10/h2-3,6H,1,4-5H2,(H2,15,16). The van der Waals surface area contributed by atoms with Gasteiger partial charge in [-0.3, -0.25) is 4.57 Å². The zero-order valence-electron chi connectivity index (χ0n) is 10.1. The number of aryl methyl sites for hydroxylation is 1. The van der Waals surface area contributed by atoms with E-state index >= 15 is 0 Å². The van der Waals surface area contributed by atoms with Gasteiger partial charge in [-0.2, -0.15) is 4.98 Å². The Hall–Kier alpha value is -1.82. The molecule has 3 aromatic rings. The fraction of sp³-hybridized carbons (Fsp3) is 0.231. The van der Waals surface area contributed by atoms with Gasteiger partial charge in [0.1, 0.15) is 5.52 Å². The Bertz CT molecular complexity index is 811. The van der Waals surface area contributed by atoms with Crippen molar-refractivity contribution in [2.45, 2.75) is 13.0 Å². The van der Waals surface area contributed by atoms with Gasteiger partial charge in [0, 0.05) is 16.4 Å². The third-order valence-corrected chi connectivity index (χ3v) is 3.88. The van der Waals surface area contributed by atoms with E-state index in [4.69, 9.17) is 10.5 Å². The number of nitrogen functional groups attached to an aromatic ring is 1. The van der Waals surface area contributed by atoms with Crippen molar-refractivity contribution >= 4 is 43.7 Å². The smallest absolute Gasteiger partial charge is 0.297 e. The molecule has 2 aromatic heterocycles. The molecule has 0 saturated carbocycles. The minimum absolute atomic E-state index is 0.450. The van der Waals surface area contributed by atoms with E-state index in [0.717, 1.165) is 39.4 Å². The van der Waals surface area contributed by atoms with Crippen LogP contribution in [0.15, 0.2) is 22.7 Å². The van der Waals surface area contributed by atoms with Crippen LogP contribution in [0.25, 0.3) is 21.9 Å². The number of fused-ring (bicyclic) bond motifs is 5. The molecule has 0 bridgehead atoms. The first-order valence-electron chi connectivity index (χ1n) is 6.12. The lowest BCUT2D eigenvalue weighted by atomic mass is 10.2. The maximum Gasteiger partial charge on any atom is 0.297 e. The third-order valence-electron chi connectivity index (χ3n) is 3.39. The minimum Gasteiger partial charge on any atom is -0.465 e. The van der Waals surface area contributed by atoms with Gasteiger partial charge in [0.25, 0.3) is 6.01 Å². The first-order valence-corrected chi connectivity index (χ1v) is 6.91. The van der Waals surface area contributed by atoms with Crippen LogP contribution in [-0.2, 0) is 6.54 Å². The number of rotatable bonds is 0. The van der Waals surface area contributed by atoms with Crippen molar-refractivity contribution in [1.82, 2.24) is 14.5 Å². The van der Waals surface area contributed by atoms with Crippen LogP contribution < -0.4 is 10.5 Å². The average Bonchev–Trinajstić information content (AvgIpc) is 2.79. The molecule has 0 atom stereocenters. The molecule has 2 N–H and O–H groups in total. The van der Waals surface area contributed by atoms with Gasteiger partial charge in [0.05, 0.1) is 17.6 Å². The van der Waals surface area contributed by atoms with Crippen LogP contribution in [-0.4, -0.2) is 21.1 Å². The van der Waals surface area contributed by atoms with Crippen molar-refractivity contribution < 1.29 is 4.74 Å². The summed E-state index contributed by atoms with van der Waals surface area (Å²) in [5.41, 5.74) is 8.64. The van der Waals surface area contributed by atoms with E-state index in [0.29, 0.717) is 18.4 Å². The number of nitrogens with two attached hydrogens (primary N) is 1. The Kier molecular flexibility index (Phi) is 2.23. The summed E-state index contributed by atoms with van der Waals surface area (Å²) in [6.07, 6.45) is 0.985. The molecule has 4 rings (SSSR count). The summed E-state index contributed by atoms with van der Waals surface area (Å²) in [4.78, 5) is 8.89. The number of aromatic nitrogens is 3. The van der Waals surface area contributed by atoms with Crippen molar-refractivity contribution in [2.24, 2.45) is 0 Å². The fourth-order valence-electron chi connectivity index (χ4n) is 2.57. The molecule has 0 aliphatic carbocycles. The molecule has 0 radical (unpaired) electrons. The van der Waals surface area contributed by atoms with Crippen molar-refractivity contribution in [2.75, 3.05) is 12.3 Å². The number of nitrogens with zero attached hydrogens (tertiary/aromatic N) is 3. The molecule has 0 spiro atoms. The molecule has 0 saturated heterocycles. The maximum atomic E-state index is 6.03. The van der Waals surface area contributed by atoms with Crippen LogP contribution in [0, 0.1) is 0 Å². The van der Waals surface area contributed by atoms with Gasteiger partial charge >= 0.3 is 0 Å². The second-order valence-corrected chi connectivity index (χ2v) is 5.52. The van der Waals surface area contributed by atoms with E-state index in [2.05, 4.69) is 30.5 Å². The van der Waals surface area contributed by atoms with Crippen LogP contribution in [0.3, 0.4) is 0 Å². The Labute approximate surface area is 117 Å². The van der Waals surface area contributed by atoms with E-state index in [1.54, 1.807) is 0 Å². The molecule has 96 valence electrons. The molecule has 1 aromatic carbocycles. The minimum atomic E-state index is 0.450. The molecular weight excluding hydrogens is 308 g/mol. The largest absolute Gasteiger partial charge is 0.465 e. The predicted molar refractivity (Wildman–Crippen MR) is 77.3 cm³/mol. The first kappa shape index (κ1) is 11.0. The predicted octanol–water partition coefficient (Wildman–Crippen LogP) is 2.71. The number of halogens is 1. The van der Waals surface area contributed by atoms with Crippen molar-refractivity contribution in [1.29, 1.82) is 0 Å². The van der Waals surface area contributed by atoms with E-state index < -0.39 is 0 Å². The van der Waals surface area contributed by atoms with Gasteiger partial charge in [0.15, 0.2) is 5.82 Å². The number of pyridine rings is 1. The van der Waals surface area contributed by atoms with E-state index in [9.17, 15) is 0 Å². The molecule has 1 aliphatic rings. The summed E-state index contributed by atoms with van der Waals surface area (Å²) in [7, 11) is 0. The summed E-state index contributed by atoms with van der Waals surface area (Å²) >= 11 is 3.46. The van der Waals surface area contributed by atoms with Gasteiger partial charge in [-0.15, -0.1) is 0 Å². The summed E-state index contributed by atoms with van der Waals surface area (Å²) in [5.74, 6) is 0.450. The Morgan fingerprint density at radius 3 is 3.11 bits per heavy atom. The highest BCUT2D eigenvalue weighted by Gasteiger charge is 2.20. The Balaban J connectivity index is 2.21. The molecule has 1 aliphatic heterocycles. The first-order chi connectivity index (χ1) is 9.24. The topological polar surface area (TPSA) is 66.0 Å². The van der Waals surface area contributed by atoms with Gasteiger partial charge < -0.3 is 10.5 Å². The number of benzene rings is 1. The van der Waals surface area contributed by atoms with Crippen molar-refractivity contribution in [3.8, 4) is 6.01 Å². The van der Waals surface area contributed by atoms with E-state index in [1.165, 1.54) is 0 Å². The third kappa shape index (κ3) is 1.53. The van der Waals surface area contributed by atoms with Crippen LogP contribution >= 0.6 is 15.9 Å². The highest BCUT2D eigenvalue weighted by atomic mass is 79.9. The number of anilines is 1. The van der Waals surface area contributed by atoms with Gasteiger partial charge in [-0.25, -0.2) is 4.98 Å². The van der Waals surface area contributed by atoms with Crippen molar-refractivity contribution in [3.05, 3.63) is 22.7 Å². The average molecular weight is 319 g/mol. The van der Waals surface area contributed by atoms with Crippen LogP contribution in [0.4, 0.5) is 5.82 Å². The summed E-state index contributed by atoms with van der Waals surface area (Å²) in [6.45, 7) is 1.61. The molecule has 6 heteroatoms. The van der Waals surface area contributed by atoms with Crippen molar-refractivity contribution in [3.63, 3.8) is 0 Å². The Morgan fingerprint density at radius 1 is 1.32 bits per heavy atom. The molecule has 3 heterocycles. The number of ether oxygens (including phenoxy) is 1. The van der Waals surface area contributed by atoms with Gasteiger partial charge in [-0.05, 0) is 24.6 Å². The molecule has 5 nitrogen and oxygen atoms in total. The summed E-state index contributed by atoms with van der Waals surface area (Å²) in [5, 5.41) is 1.05. The van der Waals surface area contributed by atoms with Crippen LogP contribution in [0.2, 0.25) is 0 Å². The molecule has 19 heavy (non-hydrogen) atoms. The highest BCUT2D eigenvalue weighted by Crippen LogP contribution is 2.33. The summed E-state index contributed by atoms with van der Waals surface area (Å²) in [6, 6.07) is 6.65. The Morgan fingerprint density at radius 2 is 2.21 bits per heavy atom. The number of imidazole rings is 1.